The average molecular weight is 653 g/mol. The summed E-state index contributed by atoms with van der Waals surface area (Å²) in [5.41, 5.74) is 2.70. The monoisotopic (exact) mass is 652 g/mol. The van der Waals surface area contributed by atoms with E-state index < -0.39 is 48.3 Å². The molecule has 1 aromatic heterocycles. The van der Waals surface area contributed by atoms with E-state index in [-0.39, 0.29) is 43.0 Å². The van der Waals surface area contributed by atoms with Gasteiger partial charge in [0.2, 0.25) is 17.7 Å². The summed E-state index contributed by atoms with van der Waals surface area (Å²) in [5.74, 6) is -1.77. The highest BCUT2D eigenvalue weighted by molar-refractivity contribution is 5.98. The van der Waals surface area contributed by atoms with E-state index in [1.807, 2.05) is 24.3 Å². The molecule has 3 aromatic rings. The average Bonchev–Trinajstić information content (AvgIpc) is 3.96. The molecule has 6 rings (SSSR count). The number of benzene rings is 2. The van der Waals surface area contributed by atoms with E-state index >= 15 is 0 Å². The summed E-state index contributed by atoms with van der Waals surface area (Å²) in [4.78, 5) is 57.0. The molecular weight excluding hydrogens is 618 g/mol. The number of anilines is 1. The molecule has 0 bridgehead atoms. The fraction of sp³-hybridized carbons (Fsp3) is 0.364. The van der Waals surface area contributed by atoms with Crippen LogP contribution in [0.1, 0.15) is 53.8 Å². The molecule has 0 radical (unpaired) electrons. The van der Waals surface area contributed by atoms with E-state index in [0.717, 1.165) is 28.9 Å². The Morgan fingerprint density at radius 3 is 2.61 bits per heavy atom. The Labute approximate surface area is 270 Å². The van der Waals surface area contributed by atoms with Crippen molar-refractivity contribution in [3.05, 3.63) is 77.2 Å². The number of halogens is 3. The van der Waals surface area contributed by atoms with Crippen LogP contribution in [-0.4, -0.2) is 71.4 Å². The first-order valence-corrected chi connectivity index (χ1v) is 15.1. The van der Waals surface area contributed by atoms with E-state index in [1.54, 1.807) is 13.0 Å². The third kappa shape index (κ3) is 7.86. The Kier molecular flexibility index (Phi) is 9.97. The number of hydrogen-bond donors (Lipinski definition) is 4. The molecule has 2 saturated heterocycles. The molecule has 46 heavy (non-hydrogen) atoms. The molecule has 3 aliphatic rings. The van der Waals surface area contributed by atoms with Crippen LogP contribution in [0.25, 0.3) is 17.0 Å². The van der Waals surface area contributed by atoms with Crippen LogP contribution < -0.4 is 21.3 Å². The number of carbonyl (C=O) groups excluding carboxylic acids is 4. The van der Waals surface area contributed by atoms with Crippen molar-refractivity contribution in [3.63, 3.8) is 0 Å². The normalized spacial score (nSPS) is 21.0. The molecule has 0 spiro atoms. The van der Waals surface area contributed by atoms with Crippen molar-refractivity contribution < 1.29 is 28.0 Å². The third-order valence-corrected chi connectivity index (χ3v) is 8.23. The SMILES string of the molecule is C[C@H](NC(=O)[C@@H]1C[C@@H](F)CN1C(=O)CNC(=O)c1ccc2cc(F)ccc2n1)c1cc(NC(=O)[C@@H]2CN2)ccc1/C=C/C1CC1.Cl. The fourth-order valence-electron chi connectivity index (χ4n) is 5.45. The van der Waals surface area contributed by atoms with Crippen molar-refractivity contribution in [2.75, 3.05) is 25.0 Å². The maximum Gasteiger partial charge on any atom is 0.270 e. The zero-order valence-electron chi connectivity index (χ0n) is 25.1. The van der Waals surface area contributed by atoms with Gasteiger partial charge >= 0.3 is 0 Å². The van der Waals surface area contributed by atoms with Gasteiger partial charge in [-0.3, -0.25) is 19.2 Å². The van der Waals surface area contributed by atoms with E-state index in [0.29, 0.717) is 29.1 Å². The van der Waals surface area contributed by atoms with Crippen molar-refractivity contribution in [2.24, 2.45) is 5.92 Å². The molecular formula is C33H35ClF2N6O4. The number of allylic oxidation sites excluding steroid dienone is 1. The molecule has 0 unspecified atom stereocenters. The first-order valence-electron chi connectivity index (χ1n) is 15.1. The molecule has 1 saturated carbocycles. The number of fused-ring (bicyclic) bond motifs is 1. The van der Waals surface area contributed by atoms with Crippen LogP contribution >= 0.6 is 12.4 Å². The first kappa shape index (κ1) is 33.0. The van der Waals surface area contributed by atoms with E-state index in [4.69, 9.17) is 0 Å². The Morgan fingerprint density at radius 1 is 1.09 bits per heavy atom. The van der Waals surface area contributed by atoms with Crippen molar-refractivity contribution in [3.8, 4) is 0 Å². The third-order valence-electron chi connectivity index (χ3n) is 8.23. The Hall–Kier alpha value is -4.42. The second kappa shape index (κ2) is 13.9. The number of pyridine rings is 1. The second-order valence-corrected chi connectivity index (χ2v) is 11.8. The molecule has 4 N–H and O–H groups in total. The quantitative estimate of drug-likeness (QED) is 0.246. The van der Waals surface area contributed by atoms with Gasteiger partial charge in [-0.2, -0.15) is 0 Å². The van der Waals surface area contributed by atoms with Crippen molar-refractivity contribution in [2.45, 2.75) is 50.5 Å². The Bertz CT molecular complexity index is 1700. The van der Waals surface area contributed by atoms with Gasteiger partial charge in [-0.05, 0) is 73.2 Å². The number of hydrogen-bond acceptors (Lipinski definition) is 6. The lowest BCUT2D eigenvalue weighted by molar-refractivity contribution is -0.138. The summed E-state index contributed by atoms with van der Waals surface area (Å²) < 4.78 is 28.0. The maximum atomic E-state index is 14.6. The standard InChI is InChI=1S/C33H34F2N6O4.ClH/c1-18(25-14-24(39-32(44)28-15-36-28)9-6-20(25)5-4-19-2-3-19)38-33(45)29-13-23(35)17-41(29)30(42)16-37-31(43)27-10-7-21-12-22(34)8-11-26(21)40-27;/h4-12,14,18-19,23,28-29,36H,2-3,13,15-17H2,1H3,(H,37,43)(H,38,45)(H,39,44);1H/b5-4+;/t18-,23+,28-,29-;/m0./s1. The summed E-state index contributed by atoms with van der Waals surface area (Å²) in [6, 6.07) is 10.7. The largest absolute Gasteiger partial charge is 0.348 e. The lowest BCUT2D eigenvalue weighted by Crippen LogP contribution is -2.49. The first-order chi connectivity index (χ1) is 21.6. The van der Waals surface area contributed by atoms with Crippen LogP contribution in [0.2, 0.25) is 0 Å². The summed E-state index contributed by atoms with van der Waals surface area (Å²) in [6.07, 6.45) is 4.85. The van der Waals surface area contributed by atoms with Gasteiger partial charge in [0.15, 0.2) is 0 Å². The molecule has 2 aromatic carbocycles. The van der Waals surface area contributed by atoms with Crippen molar-refractivity contribution >= 4 is 58.7 Å². The van der Waals surface area contributed by atoms with Gasteiger partial charge in [0.1, 0.15) is 23.7 Å². The van der Waals surface area contributed by atoms with Crippen LogP contribution in [0.3, 0.4) is 0 Å². The smallest absolute Gasteiger partial charge is 0.270 e. The van der Waals surface area contributed by atoms with Gasteiger partial charge in [0.25, 0.3) is 5.91 Å². The minimum atomic E-state index is -1.40. The number of aromatic nitrogens is 1. The van der Waals surface area contributed by atoms with Crippen LogP contribution in [0.4, 0.5) is 14.5 Å². The summed E-state index contributed by atoms with van der Waals surface area (Å²) in [5, 5.41) is 11.8. The van der Waals surface area contributed by atoms with Gasteiger partial charge in [0.05, 0.1) is 30.7 Å². The molecule has 4 amide bonds. The highest BCUT2D eigenvalue weighted by atomic mass is 35.5. The zero-order chi connectivity index (χ0) is 31.7. The number of amides is 4. The zero-order valence-corrected chi connectivity index (χ0v) is 25.9. The predicted octanol–water partition coefficient (Wildman–Crippen LogP) is 3.68. The molecule has 1 aliphatic carbocycles. The topological polar surface area (TPSA) is 142 Å². The lowest BCUT2D eigenvalue weighted by atomic mass is 9.99. The number of likely N-dealkylation sites (tertiary alicyclic amines) is 1. The summed E-state index contributed by atoms with van der Waals surface area (Å²) in [6.45, 7) is 1.70. The Balaban J connectivity index is 0.00000417. The minimum absolute atomic E-state index is 0. The van der Waals surface area contributed by atoms with E-state index in [2.05, 4.69) is 32.3 Å². The van der Waals surface area contributed by atoms with Gasteiger partial charge in [-0.25, -0.2) is 13.8 Å². The van der Waals surface area contributed by atoms with Crippen molar-refractivity contribution in [1.82, 2.24) is 25.8 Å². The van der Waals surface area contributed by atoms with Gasteiger partial charge in [-0.15, -0.1) is 12.4 Å². The number of nitrogens with zero attached hydrogens (tertiary/aromatic N) is 2. The van der Waals surface area contributed by atoms with Crippen LogP contribution in [0, 0.1) is 11.7 Å². The predicted molar refractivity (Wildman–Crippen MR) is 171 cm³/mol. The number of rotatable bonds is 10. The van der Waals surface area contributed by atoms with Gasteiger partial charge in [0, 0.05) is 24.0 Å². The Morgan fingerprint density at radius 2 is 1.87 bits per heavy atom. The summed E-state index contributed by atoms with van der Waals surface area (Å²) in [7, 11) is 0. The highest BCUT2D eigenvalue weighted by Crippen LogP contribution is 2.32. The molecule has 4 atom stereocenters. The molecule has 3 fully saturated rings. The molecule has 13 heteroatoms. The van der Waals surface area contributed by atoms with E-state index in [1.165, 1.54) is 24.3 Å². The van der Waals surface area contributed by atoms with Gasteiger partial charge < -0.3 is 26.2 Å². The second-order valence-electron chi connectivity index (χ2n) is 11.8. The molecule has 3 heterocycles. The number of alkyl halides is 1. The summed E-state index contributed by atoms with van der Waals surface area (Å²) >= 11 is 0. The molecule has 10 nitrogen and oxygen atoms in total. The van der Waals surface area contributed by atoms with Gasteiger partial charge in [-0.1, -0.05) is 24.3 Å². The number of carbonyl (C=O) groups is 4. The van der Waals surface area contributed by atoms with Crippen LogP contribution in [-0.2, 0) is 14.4 Å². The minimum Gasteiger partial charge on any atom is -0.348 e. The number of nitrogens with one attached hydrogen (secondary N) is 4. The fourth-order valence-corrected chi connectivity index (χ4v) is 5.45. The highest BCUT2D eigenvalue weighted by Gasteiger charge is 2.40. The molecule has 2 aliphatic heterocycles. The van der Waals surface area contributed by atoms with Crippen LogP contribution in [0.15, 0.2) is 54.6 Å². The van der Waals surface area contributed by atoms with Crippen LogP contribution in [0.5, 0.6) is 0 Å². The lowest BCUT2D eigenvalue weighted by Gasteiger charge is -2.26. The molecule has 242 valence electrons. The van der Waals surface area contributed by atoms with Crippen molar-refractivity contribution in [1.29, 1.82) is 0 Å². The maximum absolute atomic E-state index is 14.6. The van der Waals surface area contributed by atoms with E-state index in [9.17, 15) is 28.0 Å².